The molecule has 0 fully saturated rings. The molecule has 4 N–H and O–H groups in total. The summed E-state index contributed by atoms with van der Waals surface area (Å²) < 4.78 is 22.6. The van der Waals surface area contributed by atoms with Gasteiger partial charge in [-0.3, -0.25) is 0 Å². The molecule has 0 saturated carbocycles. The first-order valence-electron chi connectivity index (χ1n) is 9.09. The molecule has 0 heterocycles. The largest absolute Gasteiger partial charge is 0.492 e. The molecule has 0 unspecified atom stereocenters. The van der Waals surface area contributed by atoms with Gasteiger partial charge in [-0.1, -0.05) is 11.8 Å². The second kappa shape index (κ2) is 10.1. The second-order valence-electron chi connectivity index (χ2n) is 5.50. The average Bonchev–Trinajstić information content (AvgIpc) is 2.63. The number of hydrogen-bond donors (Lipinski definition) is 2. The molecule has 0 saturated heterocycles. The van der Waals surface area contributed by atoms with Crippen molar-refractivity contribution >= 4 is 23.1 Å². The third-order valence-corrected chi connectivity index (χ3v) is 4.53. The highest BCUT2D eigenvalue weighted by Crippen LogP contribution is 2.43. The van der Waals surface area contributed by atoms with Gasteiger partial charge in [0, 0.05) is 9.79 Å². The lowest BCUT2D eigenvalue weighted by Crippen LogP contribution is -2.02. The highest BCUT2D eigenvalue weighted by molar-refractivity contribution is 7.99. The third kappa shape index (κ3) is 5.29. The van der Waals surface area contributed by atoms with Gasteiger partial charge < -0.3 is 30.4 Å². The van der Waals surface area contributed by atoms with Gasteiger partial charge in [0.15, 0.2) is 0 Å². The topological polar surface area (TPSA) is 89.0 Å². The van der Waals surface area contributed by atoms with E-state index in [2.05, 4.69) is 0 Å². The Kier molecular flexibility index (Phi) is 7.79. The number of anilines is 2. The number of hydrogen-bond acceptors (Lipinski definition) is 7. The quantitative estimate of drug-likeness (QED) is 0.571. The summed E-state index contributed by atoms with van der Waals surface area (Å²) in [6, 6.07) is 7.62. The van der Waals surface area contributed by atoms with Crippen LogP contribution in [0.1, 0.15) is 27.7 Å². The van der Waals surface area contributed by atoms with Crippen LogP contribution in [0.4, 0.5) is 11.4 Å². The van der Waals surface area contributed by atoms with Gasteiger partial charge in [0.05, 0.1) is 26.4 Å². The molecule has 0 radical (unpaired) electrons. The highest BCUT2D eigenvalue weighted by Gasteiger charge is 2.15. The molecule has 2 rings (SSSR count). The van der Waals surface area contributed by atoms with Gasteiger partial charge in [-0.2, -0.15) is 0 Å². The van der Waals surface area contributed by atoms with Crippen LogP contribution in [0.2, 0.25) is 0 Å². The summed E-state index contributed by atoms with van der Waals surface area (Å²) in [6.07, 6.45) is 0. The molecule has 0 bridgehead atoms. The van der Waals surface area contributed by atoms with Crippen molar-refractivity contribution in [2.75, 3.05) is 37.9 Å². The molecule has 0 aliphatic heterocycles. The van der Waals surface area contributed by atoms with E-state index < -0.39 is 0 Å². The van der Waals surface area contributed by atoms with Gasteiger partial charge >= 0.3 is 0 Å². The SMILES string of the molecule is CCOc1cc(Sc2cc(OCC)c(N)c(OCC)c2)cc(OCC)c1N. The fourth-order valence-electron chi connectivity index (χ4n) is 2.51. The monoisotopic (exact) mass is 392 g/mol. The molecule has 0 aliphatic rings. The number of nitrogens with two attached hydrogens (primary N) is 2. The molecule has 6 nitrogen and oxygen atoms in total. The van der Waals surface area contributed by atoms with E-state index in [0.717, 1.165) is 9.79 Å². The van der Waals surface area contributed by atoms with Crippen LogP contribution < -0.4 is 30.4 Å². The van der Waals surface area contributed by atoms with Crippen molar-refractivity contribution in [1.29, 1.82) is 0 Å². The molecule has 0 aliphatic carbocycles. The van der Waals surface area contributed by atoms with Crippen LogP contribution in [-0.2, 0) is 0 Å². The van der Waals surface area contributed by atoms with Crippen LogP contribution in [0.3, 0.4) is 0 Å². The lowest BCUT2D eigenvalue weighted by molar-refractivity contribution is 0.325. The van der Waals surface area contributed by atoms with E-state index >= 15 is 0 Å². The van der Waals surface area contributed by atoms with Gasteiger partial charge in [0.25, 0.3) is 0 Å². The number of rotatable bonds is 10. The highest BCUT2D eigenvalue weighted by atomic mass is 32.2. The first-order chi connectivity index (χ1) is 13.0. The molecule has 7 heteroatoms. The van der Waals surface area contributed by atoms with Crippen molar-refractivity contribution in [3.8, 4) is 23.0 Å². The summed E-state index contributed by atoms with van der Waals surface area (Å²) in [5.41, 5.74) is 13.3. The van der Waals surface area contributed by atoms with E-state index in [1.165, 1.54) is 11.8 Å². The predicted molar refractivity (Wildman–Crippen MR) is 111 cm³/mol. The van der Waals surface area contributed by atoms with Crippen LogP contribution in [0, 0.1) is 0 Å². The average molecular weight is 393 g/mol. The van der Waals surface area contributed by atoms with Gasteiger partial charge in [0.2, 0.25) is 0 Å². The zero-order chi connectivity index (χ0) is 19.8. The normalized spacial score (nSPS) is 10.5. The zero-order valence-corrected chi connectivity index (χ0v) is 17.2. The maximum absolute atomic E-state index is 6.15. The Balaban J connectivity index is 2.42. The number of ether oxygens (including phenoxy) is 4. The van der Waals surface area contributed by atoms with E-state index in [1.807, 2.05) is 52.0 Å². The van der Waals surface area contributed by atoms with Crippen LogP contribution in [-0.4, -0.2) is 26.4 Å². The van der Waals surface area contributed by atoms with Crippen molar-refractivity contribution < 1.29 is 18.9 Å². The molecule has 0 atom stereocenters. The first-order valence-corrected chi connectivity index (χ1v) is 9.91. The minimum Gasteiger partial charge on any atom is -0.492 e. The van der Waals surface area contributed by atoms with E-state index in [4.69, 9.17) is 30.4 Å². The molecular formula is C20H28N2O4S. The first kappa shape index (κ1) is 20.9. The van der Waals surface area contributed by atoms with Crippen LogP contribution in [0.5, 0.6) is 23.0 Å². The standard InChI is InChI=1S/C20H28N2O4S/c1-5-23-15-9-13(10-16(19(15)21)24-6-2)27-14-11-17(25-7-3)20(22)18(12-14)26-8-4/h9-12H,5-8,21-22H2,1-4H3. The second-order valence-corrected chi connectivity index (χ2v) is 6.65. The van der Waals surface area contributed by atoms with Gasteiger partial charge in [0.1, 0.15) is 34.4 Å². The third-order valence-electron chi connectivity index (χ3n) is 3.59. The molecule has 0 amide bonds. The Morgan fingerprint density at radius 1 is 0.593 bits per heavy atom. The maximum atomic E-state index is 6.15. The summed E-state index contributed by atoms with van der Waals surface area (Å²) in [7, 11) is 0. The molecule has 148 valence electrons. The summed E-state index contributed by atoms with van der Waals surface area (Å²) in [5, 5.41) is 0. The summed E-state index contributed by atoms with van der Waals surface area (Å²) >= 11 is 1.53. The maximum Gasteiger partial charge on any atom is 0.147 e. The summed E-state index contributed by atoms with van der Waals surface area (Å²) in [6.45, 7) is 9.77. The van der Waals surface area contributed by atoms with E-state index in [9.17, 15) is 0 Å². The smallest absolute Gasteiger partial charge is 0.147 e. The molecule has 2 aromatic carbocycles. The van der Waals surface area contributed by atoms with E-state index in [0.29, 0.717) is 60.8 Å². The lowest BCUT2D eigenvalue weighted by atomic mass is 10.2. The van der Waals surface area contributed by atoms with Crippen molar-refractivity contribution in [3.63, 3.8) is 0 Å². The van der Waals surface area contributed by atoms with E-state index in [1.54, 1.807) is 0 Å². The zero-order valence-electron chi connectivity index (χ0n) is 16.3. The molecule has 0 spiro atoms. The van der Waals surface area contributed by atoms with Crippen LogP contribution in [0.25, 0.3) is 0 Å². The minimum atomic E-state index is 0.505. The molecule has 0 aromatic heterocycles. The van der Waals surface area contributed by atoms with Crippen molar-refractivity contribution in [2.45, 2.75) is 37.5 Å². The lowest BCUT2D eigenvalue weighted by Gasteiger charge is -2.16. The summed E-state index contributed by atoms with van der Waals surface area (Å²) in [4.78, 5) is 1.87. The Labute approximate surface area is 165 Å². The van der Waals surface area contributed by atoms with Crippen molar-refractivity contribution in [1.82, 2.24) is 0 Å². The predicted octanol–water partition coefficient (Wildman–Crippen LogP) is 4.60. The minimum absolute atomic E-state index is 0.505. The fourth-order valence-corrected chi connectivity index (χ4v) is 3.44. The Morgan fingerprint density at radius 2 is 0.852 bits per heavy atom. The Bertz CT molecular complexity index is 650. The van der Waals surface area contributed by atoms with Gasteiger partial charge in [-0.05, 0) is 52.0 Å². The van der Waals surface area contributed by atoms with Crippen LogP contribution >= 0.6 is 11.8 Å². The van der Waals surface area contributed by atoms with Crippen LogP contribution in [0.15, 0.2) is 34.1 Å². The molecular weight excluding hydrogens is 364 g/mol. The van der Waals surface area contributed by atoms with Crippen molar-refractivity contribution in [2.24, 2.45) is 0 Å². The van der Waals surface area contributed by atoms with Crippen molar-refractivity contribution in [3.05, 3.63) is 24.3 Å². The number of nitrogen functional groups attached to an aromatic ring is 2. The Morgan fingerprint density at radius 3 is 1.07 bits per heavy atom. The molecule has 27 heavy (non-hydrogen) atoms. The van der Waals surface area contributed by atoms with Gasteiger partial charge in [-0.25, -0.2) is 0 Å². The molecule has 2 aromatic rings. The summed E-state index contributed by atoms with van der Waals surface area (Å²) in [5.74, 6) is 2.43. The Hall–Kier alpha value is -2.41. The number of benzene rings is 2. The van der Waals surface area contributed by atoms with E-state index in [-0.39, 0.29) is 0 Å². The van der Waals surface area contributed by atoms with Gasteiger partial charge in [-0.15, -0.1) is 0 Å². The fraction of sp³-hybridized carbons (Fsp3) is 0.400.